The molecule has 0 unspecified atom stereocenters. The van der Waals surface area contributed by atoms with Gasteiger partial charge < -0.3 is 5.32 Å². The standard InChI is InChI=1S/C19H23ClN2O3S/c1-4-12-22(26(24,25)17-10-8-16(20)9-11-17)13-18(23)21-19-14(2)6-5-7-15(19)3/h5-11H,4,12-13H2,1-3H3,(H,21,23). The Labute approximate surface area is 160 Å². The number of carbonyl (C=O) groups excluding carboxylic acids is 1. The molecule has 0 heterocycles. The van der Waals surface area contributed by atoms with Crippen LogP contribution in [-0.4, -0.2) is 31.7 Å². The van der Waals surface area contributed by atoms with Crippen molar-refractivity contribution in [2.75, 3.05) is 18.4 Å². The summed E-state index contributed by atoms with van der Waals surface area (Å²) in [7, 11) is -3.77. The SMILES string of the molecule is CCCN(CC(=O)Nc1c(C)cccc1C)S(=O)(=O)c1ccc(Cl)cc1. The van der Waals surface area contributed by atoms with Gasteiger partial charge in [-0.2, -0.15) is 4.31 Å². The molecule has 26 heavy (non-hydrogen) atoms. The van der Waals surface area contributed by atoms with E-state index in [0.717, 1.165) is 16.8 Å². The van der Waals surface area contributed by atoms with Gasteiger partial charge in [0.1, 0.15) is 0 Å². The van der Waals surface area contributed by atoms with Gasteiger partial charge in [-0.05, 0) is 55.7 Å². The number of hydrogen-bond acceptors (Lipinski definition) is 3. The molecule has 0 atom stereocenters. The third-order valence-electron chi connectivity index (χ3n) is 3.99. The van der Waals surface area contributed by atoms with Crippen molar-refractivity contribution in [3.63, 3.8) is 0 Å². The second-order valence-corrected chi connectivity index (χ2v) is 8.48. The first kappa shape index (κ1) is 20.4. The van der Waals surface area contributed by atoms with Crippen molar-refractivity contribution < 1.29 is 13.2 Å². The average Bonchev–Trinajstić information content (AvgIpc) is 2.58. The summed E-state index contributed by atoms with van der Waals surface area (Å²) in [5, 5.41) is 3.29. The number of anilines is 1. The van der Waals surface area contributed by atoms with Gasteiger partial charge in [0.15, 0.2) is 0 Å². The zero-order valence-electron chi connectivity index (χ0n) is 15.1. The van der Waals surface area contributed by atoms with E-state index in [9.17, 15) is 13.2 Å². The lowest BCUT2D eigenvalue weighted by molar-refractivity contribution is -0.116. The lowest BCUT2D eigenvalue weighted by atomic mass is 10.1. The van der Waals surface area contributed by atoms with Crippen molar-refractivity contribution in [1.29, 1.82) is 0 Å². The first-order valence-corrected chi connectivity index (χ1v) is 10.2. The van der Waals surface area contributed by atoms with E-state index in [2.05, 4.69) is 5.32 Å². The number of rotatable bonds is 7. The van der Waals surface area contributed by atoms with E-state index in [1.165, 1.54) is 28.6 Å². The number of hydrogen-bond donors (Lipinski definition) is 1. The van der Waals surface area contributed by atoms with E-state index >= 15 is 0 Å². The summed E-state index contributed by atoms with van der Waals surface area (Å²) in [5.74, 6) is -0.367. The number of nitrogens with zero attached hydrogens (tertiary/aromatic N) is 1. The van der Waals surface area contributed by atoms with Gasteiger partial charge in [0.05, 0.1) is 11.4 Å². The molecule has 1 N–H and O–H groups in total. The van der Waals surface area contributed by atoms with Crippen LogP contribution in [0.15, 0.2) is 47.4 Å². The minimum Gasteiger partial charge on any atom is -0.324 e. The monoisotopic (exact) mass is 394 g/mol. The molecule has 7 heteroatoms. The molecule has 0 bridgehead atoms. The maximum absolute atomic E-state index is 12.9. The van der Waals surface area contributed by atoms with Gasteiger partial charge in [0.2, 0.25) is 15.9 Å². The number of sulfonamides is 1. The lowest BCUT2D eigenvalue weighted by Crippen LogP contribution is -2.38. The summed E-state index contributed by atoms with van der Waals surface area (Å²) >= 11 is 5.83. The van der Waals surface area contributed by atoms with Gasteiger partial charge in [-0.3, -0.25) is 4.79 Å². The normalized spacial score (nSPS) is 11.6. The van der Waals surface area contributed by atoms with Gasteiger partial charge >= 0.3 is 0 Å². The van der Waals surface area contributed by atoms with Crippen LogP contribution in [0.3, 0.4) is 0 Å². The highest BCUT2D eigenvalue weighted by atomic mass is 35.5. The molecule has 0 aliphatic rings. The number of amides is 1. The van der Waals surface area contributed by atoms with Gasteiger partial charge in [0, 0.05) is 17.3 Å². The molecule has 2 rings (SSSR count). The van der Waals surface area contributed by atoms with Crippen molar-refractivity contribution in [3.8, 4) is 0 Å². The number of benzene rings is 2. The van der Waals surface area contributed by atoms with Crippen LogP contribution in [0.1, 0.15) is 24.5 Å². The van der Waals surface area contributed by atoms with Gasteiger partial charge in [-0.25, -0.2) is 8.42 Å². The minimum absolute atomic E-state index is 0.121. The molecular formula is C19H23ClN2O3S. The smallest absolute Gasteiger partial charge is 0.243 e. The summed E-state index contributed by atoms with van der Waals surface area (Å²) in [6.45, 7) is 5.68. The minimum atomic E-state index is -3.77. The number of aryl methyl sites for hydroxylation is 2. The van der Waals surface area contributed by atoms with Crippen molar-refractivity contribution in [3.05, 3.63) is 58.6 Å². The highest BCUT2D eigenvalue weighted by Crippen LogP contribution is 2.21. The van der Waals surface area contributed by atoms with E-state index in [-0.39, 0.29) is 23.9 Å². The van der Waals surface area contributed by atoms with Crippen LogP contribution < -0.4 is 5.32 Å². The van der Waals surface area contributed by atoms with Crippen molar-refractivity contribution in [1.82, 2.24) is 4.31 Å². The Morgan fingerprint density at radius 1 is 1.08 bits per heavy atom. The van der Waals surface area contributed by atoms with Crippen molar-refractivity contribution in [2.45, 2.75) is 32.1 Å². The second kappa shape index (κ2) is 8.66. The third-order valence-corrected chi connectivity index (χ3v) is 6.10. The molecule has 0 aromatic heterocycles. The van der Waals surface area contributed by atoms with Crippen molar-refractivity contribution >= 4 is 33.2 Å². The van der Waals surface area contributed by atoms with Crippen LogP contribution in [0.25, 0.3) is 0 Å². The summed E-state index contributed by atoms with van der Waals surface area (Å²) in [6, 6.07) is 11.7. The number of carbonyl (C=O) groups is 1. The van der Waals surface area contributed by atoms with E-state index in [1.54, 1.807) is 0 Å². The van der Waals surface area contributed by atoms with Crippen LogP contribution in [0.2, 0.25) is 5.02 Å². The lowest BCUT2D eigenvalue weighted by Gasteiger charge is -2.22. The maximum Gasteiger partial charge on any atom is 0.243 e. The molecule has 0 radical (unpaired) electrons. The largest absolute Gasteiger partial charge is 0.324 e. The zero-order valence-corrected chi connectivity index (χ0v) is 16.7. The molecule has 2 aromatic carbocycles. The number of nitrogens with one attached hydrogen (secondary N) is 1. The molecule has 0 aliphatic heterocycles. The van der Waals surface area contributed by atoms with E-state index in [0.29, 0.717) is 11.4 Å². The first-order valence-electron chi connectivity index (χ1n) is 8.37. The Morgan fingerprint density at radius 3 is 2.19 bits per heavy atom. The Bertz CT molecular complexity index is 860. The first-order chi connectivity index (χ1) is 12.3. The molecule has 140 valence electrons. The molecule has 0 fully saturated rings. The van der Waals surface area contributed by atoms with E-state index < -0.39 is 10.0 Å². The second-order valence-electron chi connectivity index (χ2n) is 6.11. The fourth-order valence-corrected chi connectivity index (χ4v) is 4.25. The van der Waals surface area contributed by atoms with Crippen LogP contribution in [0.4, 0.5) is 5.69 Å². The van der Waals surface area contributed by atoms with Crippen molar-refractivity contribution in [2.24, 2.45) is 0 Å². The summed E-state index contributed by atoms with van der Waals surface area (Å²) in [4.78, 5) is 12.6. The summed E-state index contributed by atoms with van der Waals surface area (Å²) < 4.78 is 26.9. The fourth-order valence-electron chi connectivity index (χ4n) is 2.64. The van der Waals surface area contributed by atoms with Crippen LogP contribution in [0.5, 0.6) is 0 Å². The van der Waals surface area contributed by atoms with Gasteiger partial charge in [-0.1, -0.05) is 36.7 Å². The average molecular weight is 395 g/mol. The predicted octanol–water partition coefficient (Wildman–Crippen LogP) is 4.00. The van der Waals surface area contributed by atoms with E-state index in [4.69, 9.17) is 11.6 Å². The molecule has 0 aliphatic carbocycles. The van der Waals surface area contributed by atoms with Crippen LogP contribution in [0, 0.1) is 13.8 Å². The van der Waals surface area contributed by atoms with Crippen LogP contribution >= 0.6 is 11.6 Å². The third kappa shape index (κ3) is 4.84. The Kier molecular flexibility index (Phi) is 6.81. The summed E-state index contributed by atoms with van der Waals surface area (Å²) in [5.41, 5.74) is 2.58. The molecule has 0 saturated carbocycles. The fraction of sp³-hybridized carbons (Fsp3) is 0.316. The molecular weight excluding hydrogens is 372 g/mol. The van der Waals surface area contributed by atoms with Gasteiger partial charge in [-0.15, -0.1) is 0 Å². The molecule has 0 spiro atoms. The Balaban J connectivity index is 2.22. The Hall–Kier alpha value is -1.89. The molecule has 0 saturated heterocycles. The highest BCUT2D eigenvalue weighted by Gasteiger charge is 2.26. The summed E-state index contributed by atoms with van der Waals surface area (Å²) in [6.07, 6.45) is 0.601. The number of para-hydroxylation sites is 1. The highest BCUT2D eigenvalue weighted by molar-refractivity contribution is 7.89. The van der Waals surface area contributed by atoms with Crippen LogP contribution in [-0.2, 0) is 14.8 Å². The van der Waals surface area contributed by atoms with Gasteiger partial charge in [0.25, 0.3) is 0 Å². The molecule has 5 nitrogen and oxygen atoms in total. The molecule has 2 aromatic rings. The predicted molar refractivity (Wildman–Crippen MR) is 105 cm³/mol. The topological polar surface area (TPSA) is 66.5 Å². The quantitative estimate of drug-likeness (QED) is 0.771. The zero-order chi connectivity index (χ0) is 19.3. The van der Waals surface area contributed by atoms with E-state index in [1.807, 2.05) is 39.0 Å². The maximum atomic E-state index is 12.9. The number of halogens is 1. The molecule has 1 amide bonds. The Morgan fingerprint density at radius 2 is 1.65 bits per heavy atom.